The van der Waals surface area contributed by atoms with Gasteiger partial charge in [-0.25, -0.2) is 0 Å². The first-order valence-corrected chi connectivity index (χ1v) is 10.9. The lowest BCUT2D eigenvalue weighted by Crippen LogP contribution is -2.33. The zero-order valence-electron chi connectivity index (χ0n) is 17.6. The highest BCUT2D eigenvalue weighted by Crippen LogP contribution is 2.40. The van der Waals surface area contributed by atoms with Crippen LogP contribution >= 0.6 is 11.6 Å². The van der Waals surface area contributed by atoms with Crippen molar-refractivity contribution in [3.8, 4) is 5.75 Å². The molecule has 1 aromatic heterocycles. The zero-order chi connectivity index (χ0) is 21.1. The van der Waals surface area contributed by atoms with Gasteiger partial charge in [0.1, 0.15) is 11.6 Å². The second-order valence-electron chi connectivity index (χ2n) is 7.77. The van der Waals surface area contributed by atoms with Gasteiger partial charge < -0.3 is 25.0 Å². The maximum Gasteiger partial charge on any atom is 0.230 e. The predicted molar refractivity (Wildman–Crippen MR) is 119 cm³/mol. The normalized spacial score (nSPS) is 20.2. The van der Waals surface area contributed by atoms with Crippen LogP contribution < -0.4 is 20.3 Å². The molecule has 1 aromatic carbocycles. The second-order valence-corrected chi connectivity index (χ2v) is 8.18. The lowest BCUT2D eigenvalue weighted by Gasteiger charge is -2.33. The molecule has 2 saturated heterocycles. The number of aromatic nitrogens is 3. The average molecular weight is 433 g/mol. The summed E-state index contributed by atoms with van der Waals surface area (Å²) in [7, 11) is 1.71. The second kappa shape index (κ2) is 9.22. The minimum atomic E-state index is -0.148. The van der Waals surface area contributed by atoms with E-state index in [0.717, 1.165) is 43.1 Å². The van der Waals surface area contributed by atoms with Gasteiger partial charge in [0.05, 0.1) is 25.4 Å². The number of anilines is 3. The molecule has 0 spiro atoms. The Hall–Kier alpha value is -2.32. The van der Waals surface area contributed by atoms with Gasteiger partial charge in [0.15, 0.2) is 0 Å². The van der Waals surface area contributed by atoms with E-state index in [1.165, 1.54) is 19.3 Å². The first kappa shape index (κ1) is 20.9. The van der Waals surface area contributed by atoms with Gasteiger partial charge in [-0.3, -0.25) is 0 Å². The van der Waals surface area contributed by atoms with E-state index in [-0.39, 0.29) is 12.0 Å². The third-order valence-corrected chi connectivity index (χ3v) is 6.03. The summed E-state index contributed by atoms with van der Waals surface area (Å²) in [6.07, 6.45) is 4.51. The Morgan fingerprint density at radius 3 is 2.63 bits per heavy atom. The molecule has 2 fully saturated rings. The number of nitrogens with zero attached hydrogens (tertiary/aromatic N) is 5. The van der Waals surface area contributed by atoms with Crippen molar-refractivity contribution in [3.05, 3.63) is 28.5 Å². The number of hydrogen-bond donors (Lipinski definition) is 1. The number of piperidine rings is 1. The van der Waals surface area contributed by atoms with Crippen LogP contribution in [-0.4, -0.2) is 54.9 Å². The van der Waals surface area contributed by atoms with Crippen molar-refractivity contribution < 1.29 is 9.47 Å². The van der Waals surface area contributed by atoms with Crippen LogP contribution in [0.4, 0.5) is 17.6 Å². The molecule has 2 aromatic rings. The topological polar surface area (TPSA) is 89.6 Å². The van der Waals surface area contributed by atoms with Gasteiger partial charge in [0.25, 0.3) is 0 Å². The summed E-state index contributed by atoms with van der Waals surface area (Å²) in [5.74, 6) is 2.17. The highest BCUT2D eigenvalue weighted by atomic mass is 35.5. The van der Waals surface area contributed by atoms with E-state index in [4.69, 9.17) is 26.8 Å². The smallest absolute Gasteiger partial charge is 0.230 e. The molecule has 30 heavy (non-hydrogen) atoms. The molecule has 0 bridgehead atoms. The Bertz CT molecular complexity index is 870. The Balaban J connectivity index is 1.73. The van der Waals surface area contributed by atoms with Crippen LogP contribution in [0.3, 0.4) is 0 Å². The molecule has 0 amide bonds. The minimum absolute atomic E-state index is 0.148. The van der Waals surface area contributed by atoms with E-state index in [2.05, 4.69) is 24.8 Å². The Labute approximate surface area is 182 Å². The van der Waals surface area contributed by atoms with Crippen molar-refractivity contribution in [2.45, 2.75) is 38.6 Å². The summed E-state index contributed by atoms with van der Waals surface area (Å²) in [5, 5.41) is 0.690. The lowest BCUT2D eigenvalue weighted by molar-refractivity contribution is 0.134. The van der Waals surface area contributed by atoms with Gasteiger partial charge in [0.2, 0.25) is 11.9 Å². The van der Waals surface area contributed by atoms with Crippen LogP contribution in [0, 0.1) is 6.92 Å². The van der Waals surface area contributed by atoms with Crippen LogP contribution in [0.2, 0.25) is 5.02 Å². The molecule has 2 N–H and O–H groups in total. The standard InChI is InChI=1S/C21H29ClN6O2/c1-14-24-20(23)26-21(25-14)28-9-6-10-30-13-18(28)15-11-19(29-2)17(12-16(15)22)27-7-4-3-5-8-27/h11-12,18H,3-10,13H2,1-2H3,(H2,23,24,25,26). The monoisotopic (exact) mass is 432 g/mol. The average Bonchev–Trinajstić information content (AvgIpc) is 2.99. The van der Waals surface area contributed by atoms with E-state index in [0.29, 0.717) is 30.0 Å². The molecule has 1 atom stereocenters. The van der Waals surface area contributed by atoms with Crippen LogP contribution in [-0.2, 0) is 4.74 Å². The summed E-state index contributed by atoms with van der Waals surface area (Å²) < 4.78 is 11.7. The third kappa shape index (κ3) is 4.39. The fraction of sp³-hybridized carbons (Fsp3) is 0.571. The van der Waals surface area contributed by atoms with E-state index >= 15 is 0 Å². The van der Waals surface area contributed by atoms with Crippen LogP contribution in [0.1, 0.15) is 43.1 Å². The number of hydrogen-bond acceptors (Lipinski definition) is 8. The van der Waals surface area contributed by atoms with E-state index in [1.54, 1.807) is 7.11 Å². The fourth-order valence-corrected chi connectivity index (χ4v) is 4.53. The van der Waals surface area contributed by atoms with Crippen molar-refractivity contribution in [1.29, 1.82) is 0 Å². The summed E-state index contributed by atoms with van der Waals surface area (Å²) in [5.41, 5.74) is 7.88. The fourth-order valence-electron chi connectivity index (χ4n) is 4.25. The highest BCUT2D eigenvalue weighted by molar-refractivity contribution is 6.31. The number of halogens is 1. The van der Waals surface area contributed by atoms with E-state index in [9.17, 15) is 0 Å². The maximum absolute atomic E-state index is 6.84. The summed E-state index contributed by atoms with van der Waals surface area (Å²) in [6.45, 7) is 5.75. The molecule has 4 rings (SSSR count). The van der Waals surface area contributed by atoms with Crippen molar-refractivity contribution in [3.63, 3.8) is 0 Å². The molecule has 9 heteroatoms. The molecular weight excluding hydrogens is 404 g/mol. The molecule has 0 saturated carbocycles. The molecule has 2 aliphatic heterocycles. The Morgan fingerprint density at radius 1 is 1.10 bits per heavy atom. The van der Waals surface area contributed by atoms with Gasteiger partial charge in [-0.1, -0.05) is 11.6 Å². The maximum atomic E-state index is 6.84. The number of nitrogens with two attached hydrogens (primary N) is 1. The third-order valence-electron chi connectivity index (χ3n) is 5.70. The SMILES string of the molecule is COc1cc(C2COCCCN2c2nc(C)nc(N)n2)c(Cl)cc1N1CCCCC1. The quantitative estimate of drug-likeness (QED) is 0.786. The number of aryl methyl sites for hydroxylation is 1. The van der Waals surface area contributed by atoms with Gasteiger partial charge in [-0.15, -0.1) is 0 Å². The van der Waals surface area contributed by atoms with Crippen molar-refractivity contribution in [2.75, 3.05) is 55.5 Å². The largest absolute Gasteiger partial charge is 0.495 e. The van der Waals surface area contributed by atoms with E-state index in [1.807, 2.05) is 19.1 Å². The number of methoxy groups -OCH3 is 1. The Kier molecular flexibility index (Phi) is 6.43. The molecule has 0 radical (unpaired) electrons. The van der Waals surface area contributed by atoms with Crippen LogP contribution in [0.5, 0.6) is 5.75 Å². The molecule has 0 aliphatic carbocycles. The number of benzene rings is 1. The van der Waals surface area contributed by atoms with E-state index < -0.39 is 0 Å². The zero-order valence-corrected chi connectivity index (χ0v) is 18.4. The molecular formula is C21H29ClN6O2. The number of rotatable bonds is 4. The van der Waals surface area contributed by atoms with Gasteiger partial charge >= 0.3 is 0 Å². The molecule has 8 nitrogen and oxygen atoms in total. The number of nitrogen functional groups attached to an aromatic ring is 1. The van der Waals surface area contributed by atoms with Crippen molar-refractivity contribution in [1.82, 2.24) is 15.0 Å². The molecule has 1 unspecified atom stereocenters. The van der Waals surface area contributed by atoms with Gasteiger partial charge in [-0.2, -0.15) is 15.0 Å². The lowest BCUT2D eigenvalue weighted by atomic mass is 10.0. The van der Waals surface area contributed by atoms with Crippen molar-refractivity contribution >= 4 is 29.2 Å². The number of ether oxygens (including phenoxy) is 2. The minimum Gasteiger partial charge on any atom is -0.495 e. The summed E-state index contributed by atoms with van der Waals surface area (Å²) in [6, 6.07) is 3.91. The van der Waals surface area contributed by atoms with Gasteiger partial charge in [0, 0.05) is 31.3 Å². The van der Waals surface area contributed by atoms with Crippen LogP contribution in [0.25, 0.3) is 0 Å². The first-order chi connectivity index (χ1) is 14.6. The summed E-state index contributed by atoms with van der Waals surface area (Å²) in [4.78, 5) is 17.5. The summed E-state index contributed by atoms with van der Waals surface area (Å²) >= 11 is 6.84. The molecule has 3 heterocycles. The highest BCUT2D eigenvalue weighted by Gasteiger charge is 2.29. The first-order valence-electron chi connectivity index (χ1n) is 10.5. The predicted octanol–water partition coefficient (Wildman–Crippen LogP) is 3.38. The molecule has 162 valence electrons. The van der Waals surface area contributed by atoms with Crippen LogP contribution in [0.15, 0.2) is 12.1 Å². The Morgan fingerprint density at radius 2 is 1.90 bits per heavy atom. The van der Waals surface area contributed by atoms with Gasteiger partial charge in [-0.05, 0) is 50.3 Å². The van der Waals surface area contributed by atoms with Crippen molar-refractivity contribution in [2.24, 2.45) is 0 Å². The molecule has 2 aliphatic rings.